The third-order valence-corrected chi connectivity index (χ3v) is 3.38. The third kappa shape index (κ3) is 2.73. The molecule has 0 unspecified atom stereocenters. The normalized spacial score (nSPS) is 10.8. The van der Waals surface area contributed by atoms with E-state index in [-0.39, 0.29) is 22.2 Å². The van der Waals surface area contributed by atoms with Gasteiger partial charge in [-0.25, -0.2) is 8.78 Å². The Kier molecular flexibility index (Phi) is 3.80. The molecule has 0 fully saturated rings. The molecule has 0 radical (unpaired) electrons. The first-order chi connectivity index (χ1) is 8.90. The number of aromatic nitrogens is 2. The van der Waals surface area contributed by atoms with E-state index in [1.807, 2.05) is 0 Å². The summed E-state index contributed by atoms with van der Waals surface area (Å²) in [6, 6.07) is 3.99. The van der Waals surface area contributed by atoms with Crippen molar-refractivity contribution in [3.05, 3.63) is 51.3 Å². The molecule has 3 nitrogen and oxygen atoms in total. The minimum absolute atomic E-state index is 0.137. The number of carbonyl (C=O) groups excluding carboxylic acids is 1. The van der Waals surface area contributed by atoms with Crippen LogP contribution in [-0.2, 0) is 13.5 Å². The van der Waals surface area contributed by atoms with Gasteiger partial charge in [-0.3, -0.25) is 9.48 Å². The number of halogens is 3. The van der Waals surface area contributed by atoms with Crippen molar-refractivity contribution in [2.24, 2.45) is 7.05 Å². The van der Waals surface area contributed by atoms with E-state index in [4.69, 9.17) is 0 Å². The van der Waals surface area contributed by atoms with E-state index in [9.17, 15) is 13.6 Å². The summed E-state index contributed by atoms with van der Waals surface area (Å²) in [5.74, 6) is -1.85. The van der Waals surface area contributed by atoms with Crippen molar-refractivity contribution >= 4 is 21.7 Å². The minimum Gasteiger partial charge on any atom is -0.292 e. The Morgan fingerprint density at radius 1 is 1.42 bits per heavy atom. The second-order valence-corrected chi connectivity index (χ2v) is 5.07. The van der Waals surface area contributed by atoms with Crippen LogP contribution in [0.2, 0.25) is 0 Å². The molecular weight excluding hydrogens is 318 g/mol. The molecule has 0 saturated carbocycles. The van der Waals surface area contributed by atoms with Gasteiger partial charge in [0.05, 0.1) is 10.2 Å². The Bertz CT molecular complexity index is 652. The maximum Gasteiger partial charge on any atom is 0.185 e. The fraction of sp³-hybridized carbons (Fsp3) is 0.231. The van der Waals surface area contributed by atoms with Crippen LogP contribution in [-0.4, -0.2) is 15.6 Å². The summed E-state index contributed by atoms with van der Waals surface area (Å²) in [5.41, 5.74) is 0.774. The molecule has 2 rings (SSSR count). The molecule has 1 heterocycles. The van der Waals surface area contributed by atoms with Gasteiger partial charge >= 0.3 is 0 Å². The molecule has 19 heavy (non-hydrogen) atoms. The van der Waals surface area contributed by atoms with Gasteiger partial charge in [0.1, 0.15) is 17.3 Å². The van der Waals surface area contributed by atoms with Gasteiger partial charge in [0.2, 0.25) is 0 Å². The lowest BCUT2D eigenvalue weighted by molar-refractivity contribution is 0.0981. The lowest BCUT2D eigenvalue weighted by atomic mass is 10.1. The Balaban J connectivity index is 2.34. The van der Waals surface area contributed by atoms with Gasteiger partial charge in [-0.05, 0) is 41.1 Å². The molecule has 0 saturated heterocycles. The van der Waals surface area contributed by atoms with E-state index in [2.05, 4.69) is 21.0 Å². The van der Waals surface area contributed by atoms with Crippen molar-refractivity contribution in [1.82, 2.24) is 9.78 Å². The Labute approximate surface area is 117 Å². The van der Waals surface area contributed by atoms with Crippen LogP contribution in [0.4, 0.5) is 8.78 Å². The van der Waals surface area contributed by atoms with Gasteiger partial charge in [-0.2, -0.15) is 5.10 Å². The number of benzene rings is 1. The Morgan fingerprint density at radius 3 is 2.68 bits per heavy atom. The first-order valence-electron chi connectivity index (χ1n) is 5.56. The summed E-state index contributed by atoms with van der Waals surface area (Å²) >= 11 is 2.97. The summed E-state index contributed by atoms with van der Waals surface area (Å²) in [4.78, 5) is 12.1. The fourth-order valence-electron chi connectivity index (χ4n) is 1.85. The predicted molar refractivity (Wildman–Crippen MR) is 70.0 cm³/mol. The highest BCUT2D eigenvalue weighted by Crippen LogP contribution is 2.23. The number of carbonyl (C=O) groups is 1. The molecule has 0 aliphatic carbocycles. The van der Waals surface area contributed by atoms with Crippen LogP contribution in [0.5, 0.6) is 0 Å². The average molecular weight is 329 g/mol. The molecule has 0 spiro atoms. The lowest BCUT2D eigenvalue weighted by Gasteiger charge is -2.06. The van der Waals surface area contributed by atoms with Crippen molar-refractivity contribution in [1.29, 1.82) is 0 Å². The molecule has 2 aromatic rings. The lowest BCUT2D eigenvalue weighted by Crippen LogP contribution is -2.12. The smallest absolute Gasteiger partial charge is 0.185 e. The average Bonchev–Trinajstić information content (AvgIpc) is 2.69. The van der Waals surface area contributed by atoms with E-state index in [0.29, 0.717) is 11.4 Å². The van der Waals surface area contributed by atoms with Crippen molar-refractivity contribution in [3.63, 3.8) is 0 Å². The van der Waals surface area contributed by atoms with Gasteiger partial charge in [-0.15, -0.1) is 0 Å². The molecule has 0 aliphatic rings. The molecule has 1 aromatic heterocycles. The number of aryl methyl sites for hydroxylation is 2. The summed E-state index contributed by atoms with van der Waals surface area (Å²) in [6.07, 6.45) is -0.337. The standard InChI is InChI=1S/C13H11BrF2N2O/c1-7-5-11(18(2)17-7)12(19)6-8-10(15)4-3-9(14)13(8)16/h3-5H,6H2,1-2H3. The van der Waals surface area contributed by atoms with Crippen LogP contribution >= 0.6 is 15.9 Å². The van der Waals surface area contributed by atoms with E-state index >= 15 is 0 Å². The quantitative estimate of drug-likeness (QED) is 0.640. The van der Waals surface area contributed by atoms with Crippen molar-refractivity contribution in [3.8, 4) is 0 Å². The van der Waals surface area contributed by atoms with Crippen LogP contribution in [0.15, 0.2) is 22.7 Å². The number of hydrogen-bond donors (Lipinski definition) is 0. The van der Waals surface area contributed by atoms with Gasteiger partial charge in [-0.1, -0.05) is 0 Å². The van der Waals surface area contributed by atoms with Crippen LogP contribution < -0.4 is 0 Å². The minimum atomic E-state index is -0.743. The molecule has 6 heteroatoms. The third-order valence-electron chi connectivity index (χ3n) is 2.76. The summed E-state index contributed by atoms with van der Waals surface area (Å²) < 4.78 is 28.9. The van der Waals surface area contributed by atoms with Crippen molar-refractivity contribution in [2.45, 2.75) is 13.3 Å². The molecular formula is C13H11BrF2N2O. The van der Waals surface area contributed by atoms with Crippen LogP contribution in [0.3, 0.4) is 0 Å². The molecule has 0 amide bonds. The predicted octanol–water partition coefficient (Wildman–Crippen LogP) is 3.19. The van der Waals surface area contributed by atoms with Gasteiger partial charge in [0, 0.05) is 19.0 Å². The molecule has 0 aliphatic heterocycles. The topological polar surface area (TPSA) is 34.9 Å². The second kappa shape index (κ2) is 5.21. The number of Topliss-reactive ketones (excluding diaryl/α,β-unsaturated/α-hetero) is 1. The van der Waals surface area contributed by atoms with Crippen LogP contribution in [0.1, 0.15) is 21.7 Å². The maximum absolute atomic E-state index is 13.8. The zero-order chi connectivity index (χ0) is 14.2. The highest BCUT2D eigenvalue weighted by atomic mass is 79.9. The van der Waals surface area contributed by atoms with E-state index < -0.39 is 11.6 Å². The van der Waals surface area contributed by atoms with Gasteiger partial charge < -0.3 is 0 Å². The zero-order valence-corrected chi connectivity index (χ0v) is 12.0. The molecule has 100 valence electrons. The first-order valence-corrected chi connectivity index (χ1v) is 6.35. The van der Waals surface area contributed by atoms with Crippen molar-refractivity contribution in [2.75, 3.05) is 0 Å². The fourth-order valence-corrected chi connectivity index (χ4v) is 2.23. The highest BCUT2D eigenvalue weighted by Gasteiger charge is 2.19. The number of ketones is 1. The van der Waals surface area contributed by atoms with E-state index in [1.165, 1.54) is 10.7 Å². The van der Waals surface area contributed by atoms with Gasteiger partial charge in [0.15, 0.2) is 5.78 Å². The van der Waals surface area contributed by atoms with Crippen molar-refractivity contribution < 1.29 is 13.6 Å². The first kappa shape index (κ1) is 13.9. The number of rotatable bonds is 3. The summed E-state index contributed by atoms with van der Waals surface area (Å²) in [6.45, 7) is 1.75. The van der Waals surface area contributed by atoms with Crippen LogP contribution in [0.25, 0.3) is 0 Å². The SMILES string of the molecule is Cc1cc(C(=O)Cc2c(F)ccc(Br)c2F)n(C)n1. The number of hydrogen-bond acceptors (Lipinski definition) is 2. The Morgan fingerprint density at radius 2 is 2.11 bits per heavy atom. The summed E-state index contributed by atoms with van der Waals surface area (Å²) in [5, 5.41) is 4.04. The van der Waals surface area contributed by atoms with Gasteiger partial charge in [0.25, 0.3) is 0 Å². The van der Waals surface area contributed by atoms with E-state index in [1.54, 1.807) is 20.0 Å². The zero-order valence-electron chi connectivity index (χ0n) is 10.4. The monoisotopic (exact) mass is 328 g/mol. The van der Waals surface area contributed by atoms with Crippen LogP contribution in [0, 0.1) is 18.6 Å². The second-order valence-electron chi connectivity index (χ2n) is 4.22. The Hall–Kier alpha value is -1.56. The molecule has 0 bridgehead atoms. The largest absolute Gasteiger partial charge is 0.292 e. The van der Waals surface area contributed by atoms with E-state index in [0.717, 1.165) is 6.07 Å². The molecule has 1 aromatic carbocycles. The summed E-state index contributed by atoms with van der Waals surface area (Å²) in [7, 11) is 1.62. The molecule has 0 N–H and O–H groups in total. The highest BCUT2D eigenvalue weighted by molar-refractivity contribution is 9.10. The number of nitrogens with zero attached hydrogens (tertiary/aromatic N) is 2. The molecule has 0 atom stereocenters. The maximum atomic E-state index is 13.8.